The molecule has 9 nitrogen and oxygen atoms in total. The lowest BCUT2D eigenvalue weighted by Gasteiger charge is -2.37. The SMILES string of the molecule is O=c1cc(-c2ccccc2)oc2c(CN3CCN([C@H]4CCS(=O)(=O)C4)CC3)c(O)c(O)c(O)c12. The summed E-state index contributed by atoms with van der Waals surface area (Å²) in [5.41, 5.74) is 0.390. The average Bonchev–Trinajstić information content (AvgIpc) is 3.20. The molecule has 3 N–H and O–H groups in total. The van der Waals surface area contributed by atoms with Crippen LogP contribution in [0.3, 0.4) is 0 Å². The summed E-state index contributed by atoms with van der Waals surface area (Å²) < 4.78 is 29.7. The Morgan fingerprint density at radius 2 is 1.68 bits per heavy atom. The van der Waals surface area contributed by atoms with Crippen LogP contribution in [-0.2, 0) is 16.4 Å². The summed E-state index contributed by atoms with van der Waals surface area (Å²) in [5.74, 6) is -1.28. The van der Waals surface area contributed by atoms with Crippen molar-refractivity contribution < 1.29 is 28.2 Å². The minimum atomic E-state index is -2.96. The van der Waals surface area contributed by atoms with E-state index in [1.165, 1.54) is 6.07 Å². The zero-order valence-electron chi connectivity index (χ0n) is 18.5. The molecular formula is C24H26N2O7S. The van der Waals surface area contributed by atoms with Crippen LogP contribution in [-0.4, -0.2) is 77.3 Å². The summed E-state index contributed by atoms with van der Waals surface area (Å²) in [6, 6.07) is 10.3. The van der Waals surface area contributed by atoms with Crippen molar-refractivity contribution in [2.75, 3.05) is 37.7 Å². The van der Waals surface area contributed by atoms with Crippen LogP contribution in [0, 0.1) is 0 Å². The zero-order valence-corrected chi connectivity index (χ0v) is 19.3. The molecule has 5 rings (SSSR count). The van der Waals surface area contributed by atoms with Gasteiger partial charge in [0.1, 0.15) is 11.1 Å². The highest BCUT2D eigenvalue weighted by Crippen LogP contribution is 2.44. The van der Waals surface area contributed by atoms with Gasteiger partial charge in [0.05, 0.1) is 17.1 Å². The van der Waals surface area contributed by atoms with Gasteiger partial charge in [-0.25, -0.2) is 8.42 Å². The Bertz CT molecular complexity index is 1390. The van der Waals surface area contributed by atoms with Crippen LogP contribution >= 0.6 is 0 Å². The number of benzene rings is 2. The summed E-state index contributed by atoms with van der Waals surface area (Å²) in [7, 11) is -2.96. The first kappa shape index (κ1) is 22.7. The maximum absolute atomic E-state index is 12.9. The minimum Gasteiger partial charge on any atom is -0.504 e. The van der Waals surface area contributed by atoms with Crippen LogP contribution in [0.1, 0.15) is 12.0 Å². The first-order chi connectivity index (χ1) is 16.2. The molecule has 2 aliphatic rings. The van der Waals surface area contributed by atoms with E-state index in [1.807, 2.05) is 11.0 Å². The predicted molar refractivity (Wildman–Crippen MR) is 127 cm³/mol. The first-order valence-corrected chi connectivity index (χ1v) is 13.0. The molecule has 2 aromatic carbocycles. The number of fused-ring (bicyclic) bond motifs is 1. The number of phenols is 3. The second-order valence-corrected chi connectivity index (χ2v) is 11.2. The summed E-state index contributed by atoms with van der Waals surface area (Å²) in [4.78, 5) is 17.1. The van der Waals surface area contributed by atoms with Gasteiger partial charge in [0.25, 0.3) is 0 Å². The van der Waals surface area contributed by atoms with E-state index in [1.54, 1.807) is 24.3 Å². The first-order valence-electron chi connectivity index (χ1n) is 11.2. The van der Waals surface area contributed by atoms with E-state index in [-0.39, 0.29) is 46.4 Å². The van der Waals surface area contributed by atoms with Crippen molar-refractivity contribution in [2.24, 2.45) is 0 Å². The van der Waals surface area contributed by atoms with Crippen molar-refractivity contribution in [3.63, 3.8) is 0 Å². The molecule has 34 heavy (non-hydrogen) atoms. The van der Waals surface area contributed by atoms with Gasteiger partial charge in [-0.2, -0.15) is 0 Å². The molecule has 2 saturated heterocycles. The standard InChI is InChI=1S/C24H26N2O7S/c27-18-12-19(15-4-2-1-3-5-15)33-24-17(21(28)23(30)22(29)20(18)24)13-25-7-9-26(10-8-25)16-6-11-34(31,32)14-16/h1-5,12,16,28-30H,6-11,13-14H2/t16-/m0/s1. The molecule has 1 atom stereocenters. The molecule has 0 aliphatic carbocycles. The van der Waals surface area contributed by atoms with Gasteiger partial charge >= 0.3 is 0 Å². The van der Waals surface area contributed by atoms with Crippen LogP contribution < -0.4 is 5.43 Å². The monoisotopic (exact) mass is 486 g/mol. The number of sulfone groups is 1. The van der Waals surface area contributed by atoms with Crippen LogP contribution in [0.4, 0.5) is 0 Å². The zero-order chi connectivity index (χ0) is 24.0. The van der Waals surface area contributed by atoms with Gasteiger partial charge in [0.15, 0.2) is 32.3 Å². The normalized spacial score (nSPS) is 21.2. The molecule has 0 saturated carbocycles. The minimum absolute atomic E-state index is 0.0310. The third-order valence-electron chi connectivity index (χ3n) is 6.76. The van der Waals surface area contributed by atoms with Gasteiger partial charge in [-0.1, -0.05) is 30.3 Å². The summed E-state index contributed by atoms with van der Waals surface area (Å²) in [6.45, 7) is 2.75. The van der Waals surface area contributed by atoms with Gasteiger partial charge in [-0.05, 0) is 6.42 Å². The predicted octanol–water partition coefficient (Wildman–Crippen LogP) is 1.88. The van der Waals surface area contributed by atoms with Crippen molar-refractivity contribution in [2.45, 2.75) is 19.0 Å². The van der Waals surface area contributed by atoms with Crippen molar-refractivity contribution in [3.8, 4) is 28.6 Å². The average molecular weight is 487 g/mol. The van der Waals surface area contributed by atoms with Gasteiger partial charge in [0.2, 0.25) is 5.75 Å². The molecule has 3 aromatic rings. The van der Waals surface area contributed by atoms with Crippen LogP contribution in [0.15, 0.2) is 45.6 Å². The lowest BCUT2D eigenvalue weighted by atomic mass is 10.0. The second-order valence-electron chi connectivity index (χ2n) is 8.94. The fourth-order valence-corrected chi connectivity index (χ4v) is 6.64. The van der Waals surface area contributed by atoms with E-state index in [2.05, 4.69) is 4.90 Å². The molecule has 0 bridgehead atoms. The Balaban J connectivity index is 1.46. The van der Waals surface area contributed by atoms with Gasteiger partial charge in [-0.15, -0.1) is 0 Å². The molecule has 0 amide bonds. The highest BCUT2D eigenvalue weighted by molar-refractivity contribution is 7.91. The van der Waals surface area contributed by atoms with E-state index >= 15 is 0 Å². The fourth-order valence-electron chi connectivity index (χ4n) is 4.88. The Morgan fingerprint density at radius 1 is 0.971 bits per heavy atom. The number of aromatic hydroxyl groups is 3. The highest BCUT2D eigenvalue weighted by Gasteiger charge is 2.34. The molecular weight excluding hydrogens is 460 g/mol. The third kappa shape index (κ3) is 4.13. The van der Waals surface area contributed by atoms with Crippen LogP contribution in [0.25, 0.3) is 22.3 Å². The van der Waals surface area contributed by atoms with E-state index in [9.17, 15) is 28.5 Å². The Hall–Kier alpha value is -3.08. The van der Waals surface area contributed by atoms with Crippen molar-refractivity contribution in [1.82, 2.24) is 9.80 Å². The topological polar surface area (TPSA) is 132 Å². The maximum atomic E-state index is 12.9. The van der Waals surface area contributed by atoms with Crippen molar-refractivity contribution >= 4 is 20.8 Å². The van der Waals surface area contributed by atoms with E-state index in [0.29, 0.717) is 38.2 Å². The van der Waals surface area contributed by atoms with Crippen LogP contribution in [0.5, 0.6) is 17.2 Å². The molecule has 0 spiro atoms. The van der Waals surface area contributed by atoms with E-state index < -0.39 is 32.5 Å². The second kappa shape index (κ2) is 8.61. The molecule has 2 aliphatic heterocycles. The quantitative estimate of drug-likeness (QED) is 0.473. The molecule has 1 aromatic heterocycles. The Labute approximate surface area is 196 Å². The summed E-state index contributed by atoms with van der Waals surface area (Å²) in [6.07, 6.45) is 0.646. The molecule has 180 valence electrons. The van der Waals surface area contributed by atoms with Crippen LogP contribution in [0.2, 0.25) is 0 Å². The molecule has 10 heteroatoms. The Kier molecular flexibility index (Phi) is 5.75. The molecule has 0 radical (unpaired) electrons. The van der Waals surface area contributed by atoms with E-state index in [0.717, 1.165) is 0 Å². The molecule has 0 unspecified atom stereocenters. The smallest absolute Gasteiger partial charge is 0.201 e. The number of hydrogen-bond donors (Lipinski definition) is 3. The number of phenolic OH excluding ortho intramolecular Hbond substituents is 3. The fraction of sp³-hybridized carbons (Fsp3) is 0.375. The molecule has 2 fully saturated rings. The highest BCUT2D eigenvalue weighted by atomic mass is 32.2. The number of nitrogens with zero attached hydrogens (tertiary/aromatic N) is 2. The van der Waals surface area contributed by atoms with Gasteiger partial charge in [-0.3, -0.25) is 14.6 Å². The number of hydrogen-bond acceptors (Lipinski definition) is 9. The lowest BCUT2D eigenvalue weighted by Crippen LogP contribution is -2.50. The number of piperazine rings is 1. The van der Waals surface area contributed by atoms with Gasteiger partial charge < -0.3 is 19.7 Å². The summed E-state index contributed by atoms with van der Waals surface area (Å²) in [5, 5.41) is 31.2. The maximum Gasteiger partial charge on any atom is 0.201 e. The molecule has 3 heterocycles. The summed E-state index contributed by atoms with van der Waals surface area (Å²) >= 11 is 0. The Morgan fingerprint density at radius 3 is 2.32 bits per heavy atom. The number of rotatable bonds is 4. The van der Waals surface area contributed by atoms with Gasteiger partial charge in [0, 0.05) is 50.4 Å². The largest absolute Gasteiger partial charge is 0.504 e. The lowest BCUT2D eigenvalue weighted by molar-refractivity contribution is 0.0995. The van der Waals surface area contributed by atoms with Crippen molar-refractivity contribution in [3.05, 3.63) is 52.2 Å². The van der Waals surface area contributed by atoms with E-state index in [4.69, 9.17) is 4.42 Å². The van der Waals surface area contributed by atoms with Crippen molar-refractivity contribution in [1.29, 1.82) is 0 Å². The third-order valence-corrected chi connectivity index (χ3v) is 8.52.